The Bertz CT molecular complexity index is 623. The predicted octanol–water partition coefficient (Wildman–Crippen LogP) is 6.62. The highest BCUT2D eigenvalue weighted by Crippen LogP contribution is 2.25. The van der Waals surface area contributed by atoms with Crippen molar-refractivity contribution in [3.63, 3.8) is 0 Å². The highest BCUT2D eigenvalue weighted by molar-refractivity contribution is 9.10. The molecule has 0 heterocycles. The van der Waals surface area contributed by atoms with Gasteiger partial charge in [0.15, 0.2) is 0 Å². The minimum atomic E-state index is 1.17. The molecular weight excluding hydrogens is 376 g/mol. The number of halogens is 2. The van der Waals surface area contributed by atoms with Crippen LogP contribution >= 0.6 is 31.9 Å². The van der Waals surface area contributed by atoms with Gasteiger partial charge in [-0.1, -0.05) is 56.1 Å². The van der Waals surface area contributed by atoms with E-state index in [1.807, 2.05) is 0 Å². The van der Waals surface area contributed by atoms with Crippen molar-refractivity contribution < 1.29 is 0 Å². The molecule has 0 amide bonds. The van der Waals surface area contributed by atoms with E-state index >= 15 is 0 Å². The molecule has 2 rings (SSSR count). The second-order valence-electron chi connectivity index (χ2n) is 5.25. The molecule has 0 N–H and O–H groups in total. The van der Waals surface area contributed by atoms with Crippen LogP contribution in [0.2, 0.25) is 0 Å². The van der Waals surface area contributed by atoms with Crippen molar-refractivity contribution in [3.8, 4) is 0 Å². The summed E-state index contributed by atoms with van der Waals surface area (Å²) in [5.74, 6) is 0. The van der Waals surface area contributed by atoms with Crippen molar-refractivity contribution in [3.05, 3.63) is 66.6 Å². The van der Waals surface area contributed by atoms with Gasteiger partial charge in [0.25, 0.3) is 0 Å². The van der Waals surface area contributed by atoms with E-state index in [1.165, 1.54) is 42.3 Å². The first-order chi connectivity index (χ1) is 9.38. The van der Waals surface area contributed by atoms with Gasteiger partial charge in [-0.3, -0.25) is 0 Å². The molecule has 0 spiro atoms. The van der Waals surface area contributed by atoms with Gasteiger partial charge in [-0.15, -0.1) is 0 Å². The Labute approximate surface area is 138 Å². The van der Waals surface area contributed by atoms with Gasteiger partial charge in [0.05, 0.1) is 0 Å². The molecule has 0 atom stereocenters. The molecule has 0 radical (unpaired) electrons. The third kappa shape index (κ3) is 3.42. The van der Waals surface area contributed by atoms with Gasteiger partial charge < -0.3 is 0 Å². The second-order valence-corrected chi connectivity index (χ2v) is 6.96. The minimum Gasteiger partial charge on any atom is -0.0541 e. The van der Waals surface area contributed by atoms with Crippen LogP contribution in [0, 0.1) is 27.7 Å². The Morgan fingerprint density at radius 3 is 1.30 bits per heavy atom. The van der Waals surface area contributed by atoms with Crippen LogP contribution in [0.5, 0.6) is 0 Å². The third-order valence-electron chi connectivity index (χ3n) is 3.54. The largest absolute Gasteiger partial charge is 0.0541 e. The molecule has 2 heteroatoms. The average Bonchev–Trinajstić information content (AvgIpc) is 2.37. The first kappa shape index (κ1) is 15.5. The molecule has 2 aromatic carbocycles. The van der Waals surface area contributed by atoms with Crippen LogP contribution in [0.3, 0.4) is 0 Å². The molecule has 0 fully saturated rings. The summed E-state index contributed by atoms with van der Waals surface area (Å²) < 4.78 is 2.34. The van der Waals surface area contributed by atoms with E-state index in [-0.39, 0.29) is 0 Å². The summed E-state index contributed by atoms with van der Waals surface area (Å²) in [6.07, 6.45) is 4.40. The van der Waals surface area contributed by atoms with Crippen molar-refractivity contribution >= 4 is 44.0 Å². The maximum atomic E-state index is 3.58. The van der Waals surface area contributed by atoms with Crippen molar-refractivity contribution in [2.45, 2.75) is 27.7 Å². The quantitative estimate of drug-likeness (QED) is 0.503. The van der Waals surface area contributed by atoms with E-state index in [4.69, 9.17) is 0 Å². The molecule has 0 nitrogen and oxygen atoms in total. The summed E-state index contributed by atoms with van der Waals surface area (Å²) in [5.41, 5.74) is 7.63. The lowest BCUT2D eigenvalue weighted by Crippen LogP contribution is -1.87. The predicted molar refractivity (Wildman–Crippen MR) is 96.2 cm³/mol. The molecule has 0 unspecified atom stereocenters. The summed E-state index contributed by atoms with van der Waals surface area (Å²) in [7, 11) is 0. The molecule has 0 aliphatic rings. The lowest BCUT2D eigenvalue weighted by Gasteiger charge is -2.07. The maximum absolute atomic E-state index is 3.58. The molecule has 0 saturated carbocycles. The zero-order valence-corrected chi connectivity index (χ0v) is 15.4. The van der Waals surface area contributed by atoms with Crippen molar-refractivity contribution in [2.24, 2.45) is 0 Å². The van der Waals surface area contributed by atoms with Crippen molar-refractivity contribution in [2.75, 3.05) is 0 Å². The first-order valence-corrected chi connectivity index (χ1v) is 8.18. The van der Waals surface area contributed by atoms with Crippen LogP contribution < -0.4 is 0 Å². The lowest BCUT2D eigenvalue weighted by atomic mass is 10.0. The SMILES string of the molecule is Cc1cc(/C=C/c2cc(C)c(Br)cc2C)c(C)cc1Br. The van der Waals surface area contributed by atoms with Crippen LogP contribution in [0.4, 0.5) is 0 Å². The van der Waals surface area contributed by atoms with E-state index in [2.05, 4.69) is 96.0 Å². The zero-order valence-electron chi connectivity index (χ0n) is 12.2. The summed E-state index contributed by atoms with van der Waals surface area (Å²) >= 11 is 7.15. The third-order valence-corrected chi connectivity index (χ3v) is 5.25. The van der Waals surface area contributed by atoms with E-state index < -0.39 is 0 Å². The second kappa shape index (κ2) is 6.28. The number of rotatable bonds is 2. The Kier molecular flexibility index (Phi) is 4.87. The Morgan fingerprint density at radius 1 is 0.600 bits per heavy atom. The fraction of sp³-hybridized carbons (Fsp3) is 0.222. The summed E-state index contributed by atoms with van der Waals surface area (Å²) in [6, 6.07) is 8.79. The summed E-state index contributed by atoms with van der Waals surface area (Å²) in [4.78, 5) is 0. The average molecular weight is 394 g/mol. The van der Waals surface area contributed by atoms with Crippen LogP contribution in [0.15, 0.2) is 33.2 Å². The Hall–Kier alpha value is -0.860. The molecule has 0 aromatic heterocycles. The van der Waals surface area contributed by atoms with Crippen LogP contribution in [0.1, 0.15) is 33.4 Å². The van der Waals surface area contributed by atoms with Gasteiger partial charge >= 0.3 is 0 Å². The van der Waals surface area contributed by atoms with Gasteiger partial charge in [-0.25, -0.2) is 0 Å². The summed E-state index contributed by atoms with van der Waals surface area (Å²) in [5, 5.41) is 0. The topological polar surface area (TPSA) is 0 Å². The fourth-order valence-electron chi connectivity index (χ4n) is 2.15. The number of hydrogen-bond donors (Lipinski definition) is 0. The highest BCUT2D eigenvalue weighted by Gasteiger charge is 2.02. The molecule has 0 aliphatic carbocycles. The van der Waals surface area contributed by atoms with E-state index in [0.29, 0.717) is 0 Å². The zero-order chi connectivity index (χ0) is 14.9. The van der Waals surface area contributed by atoms with Gasteiger partial charge in [0.1, 0.15) is 0 Å². The standard InChI is InChI=1S/C18H18Br2/c1-11-9-17(19)13(3)7-15(11)5-6-16-8-14(4)18(20)10-12(16)2/h5-10H,1-4H3/b6-5+. The van der Waals surface area contributed by atoms with E-state index in [9.17, 15) is 0 Å². The van der Waals surface area contributed by atoms with Gasteiger partial charge in [-0.2, -0.15) is 0 Å². The maximum Gasteiger partial charge on any atom is 0.0207 e. The number of aryl methyl sites for hydroxylation is 4. The Balaban J connectivity index is 2.39. The van der Waals surface area contributed by atoms with Gasteiger partial charge in [-0.05, 0) is 73.2 Å². The minimum absolute atomic E-state index is 1.17. The van der Waals surface area contributed by atoms with E-state index in [0.717, 1.165) is 0 Å². The molecule has 104 valence electrons. The molecule has 20 heavy (non-hydrogen) atoms. The van der Waals surface area contributed by atoms with Gasteiger partial charge in [0.2, 0.25) is 0 Å². The molecule has 0 saturated heterocycles. The normalized spacial score (nSPS) is 11.3. The highest BCUT2D eigenvalue weighted by atomic mass is 79.9. The molecule has 0 aliphatic heterocycles. The molecular formula is C18H18Br2. The number of hydrogen-bond acceptors (Lipinski definition) is 0. The van der Waals surface area contributed by atoms with Crippen LogP contribution in [-0.4, -0.2) is 0 Å². The smallest absolute Gasteiger partial charge is 0.0207 e. The van der Waals surface area contributed by atoms with Crippen molar-refractivity contribution in [1.29, 1.82) is 0 Å². The van der Waals surface area contributed by atoms with Gasteiger partial charge in [0, 0.05) is 8.95 Å². The first-order valence-electron chi connectivity index (χ1n) is 6.60. The Morgan fingerprint density at radius 2 is 0.950 bits per heavy atom. The summed E-state index contributed by atoms with van der Waals surface area (Å²) in [6.45, 7) is 8.53. The number of benzene rings is 2. The van der Waals surface area contributed by atoms with Crippen LogP contribution in [-0.2, 0) is 0 Å². The fourth-order valence-corrected chi connectivity index (χ4v) is 3.06. The lowest BCUT2D eigenvalue weighted by molar-refractivity contribution is 1.34. The monoisotopic (exact) mass is 392 g/mol. The van der Waals surface area contributed by atoms with Crippen molar-refractivity contribution in [1.82, 2.24) is 0 Å². The molecule has 2 aromatic rings. The van der Waals surface area contributed by atoms with E-state index in [1.54, 1.807) is 0 Å². The molecule has 0 bridgehead atoms. The van der Waals surface area contributed by atoms with Crippen LogP contribution in [0.25, 0.3) is 12.2 Å².